The molecule has 0 rings (SSSR count). The normalized spacial score (nSPS) is 12.6. The molecule has 0 spiro atoms. The van der Waals surface area contributed by atoms with Crippen molar-refractivity contribution >= 4 is 11.9 Å². The molecule has 0 aromatic heterocycles. The van der Waals surface area contributed by atoms with Crippen LogP contribution >= 0.6 is 0 Å². The summed E-state index contributed by atoms with van der Waals surface area (Å²) >= 11 is 0. The van der Waals surface area contributed by atoms with E-state index in [1.807, 2.05) is 0 Å². The molecule has 0 heterocycles. The second kappa shape index (κ2) is 61.1. The van der Waals surface area contributed by atoms with E-state index >= 15 is 0 Å². The number of allylic oxidation sites excluding steroid dienone is 2. The van der Waals surface area contributed by atoms with Crippen molar-refractivity contribution < 1.29 is 24.5 Å². The molecule has 2 atom stereocenters. The van der Waals surface area contributed by atoms with Gasteiger partial charge in [-0.25, -0.2) is 0 Å². The standard InChI is InChI=1S/C65H127NO5/c1-3-5-7-9-11-13-15-17-19-20-21-22-23-24-27-30-33-37-41-45-49-53-57-63(68)62(61-67)66-64(69)58-54-50-46-42-38-34-31-28-25-26-29-32-36-40-44-48-52-56-60-71-65(70)59-55-51-47-43-39-35-18-16-14-12-10-8-6-4-2/h28,31,62-63,67-68H,3-27,29-30,32-61H2,1-2H3,(H,66,69)/b31-28-. The van der Waals surface area contributed by atoms with E-state index in [0.29, 0.717) is 25.9 Å². The predicted molar refractivity (Wildman–Crippen MR) is 310 cm³/mol. The van der Waals surface area contributed by atoms with Crippen molar-refractivity contribution in [2.45, 2.75) is 379 Å². The number of rotatable bonds is 61. The fraction of sp³-hybridized carbons (Fsp3) is 0.938. The van der Waals surface area contributed by atoms with Crippen LogP contribution in [-0.2, 0) is 14.3 Å². The van der Waals surface area contributed by atoms with E-state index in [1.165, 1.54) is 276 Å². The predicted octanol–water partition coefficient (Wildman–Crippen LogP) is 20.4. The third-order valence-corrected chi connectivity index (χ3v) is 15.3. The molecule has 1 amide bonds. The zero-order valence-corrected chi connectivity index (χ0v) is 48.2. The van der Waals surface area contributed by atoms with Crippen molar-refractivity contribution in [2.24, 2.45) is 0 Å². The molecule has 0 saturated carbocycles. The molecule has 0 radical (unpaired) electrons. The zero-order chi connectivity index (χ0) is 51.4. The number of carbonyl (C=O) groups is 2. The third-order valence-electron chi connectivity index (χ3n) is 15.3. The van der Waals surface area contributed by atoms with Gasteiger partial charge in [-0.1, -0.05) is 315 Å². The molecule has 0 aliphatic carbocycles. The number of hydrogen-bond donors (Lipinski definition) is 3. The number of ether oxygens (including phenoxy) is 1. The van der Waals surface area contributed by atoms with Crippen LogP contribution in [0.4, 0.5) is 0 Å². The van der Waals surface area contributed by atoms with Crippen LogP contribution in [0.2, 0.25) is 0 Å². The molecule has 2 unspecified atom stereocenters. The van der Waals surface area contributed by atoms with Crippen LogP contribution in [0.25, 0.3) is 0 Å². The van der Waals surface area contributed by atoms with Gasteiger partial charge in [0.15, 0.2) is 0 Å². The molecule has 0 fully saturated rings. The Hall–Kier alpha value is -1.40. The Labute approximate surface area is 444 Å². The minimum Gasteiger partial charge on any atom is -0.466 e. The van der Waals surface area contributed by atoms with Crippen molar-refractivity contribution in [3.63, 3.8) is 0 Å². The van der Waals surface area contributed by atoms with Gasteiger partial charge in [0.1, 0.15) is 0 Å². The lowest BCUT2D eigenvalue weighted by atomic mass is 10.0. The summed E-state index contributed by atoms with van der Waals surface area (Å²) in [7, 11) is 0. The highest BCUT2D eigenvalue weighted by molar-refractivity contribution is 5.76. The van der Waals surface area contributed by atoms with Gasteiger partial charge in [-0.05, 0) is 51.4 Å². The van der Waals surface area contributed by atoms with E-state index in [1.54, 1.807) is 0 Å². The second-order valence-electron chi connectivity index (χ2n) is 22.5. The van der Waals surface area contributed by atoms with Crippen LogP contribution < -0.4 is 5.32 Å². The third kappa shape index (κ3) is 57.7. The Bertz CT molecular complexity index is 1060. The first-order valence-electron chi connectivity index (χ1n) is 32.4. The number of aliphatic hydroxyl groups is 2. The smallest absolute Gasteiger partial charge is 0.305 e. The van der Waals surface area contributed by atoms with Crippen LogP contribution in [0, 0.1) is 0 Å². The molecule has 0 aliphatic heterocycles. The molecule has 71 heavy (non-hydrogen) atoms. The maximum atomic E-state index is 12.5. The van der Waals surface area contributed by atoms with E-state index in [2.05, 4.69) is 31.3 Å². The first-order chi connectivity index (χ1) is 35.0. The lowest BCUT2D eigenvalue weighted by molar-refractivity contribution is -0.143. The molecule has 0 aromatic rings. The van der Waals surface area contributed by atoms with Crippen LogP contribution in [0.5, 0.6) is 0 Å². The van der Waals surface area contributed by atoms with Gasteiger partial charge in [-0.15, -0.1) is 0 Å². The Morgan fingerprint density at radius 3 is 1.00 bits per heavy atom. The first kappa shape index (κ1) is 69.6. The van der Waals surface area contributed by atoms with Gasteiger partial charge in [0.2, 0.25) is 5.91 Å². The van der Waals surface area contributed by atoms with E-state index in [9.17, 15) is 19.8 Å². The van der Waals surface area contributed by atoms with Crippen LogP contribution in [0.15, 0.2) is 12.2 Å². The van der Waals surface area contributed by atoms with Gasteiger partial charge in [0.25, 0.3) is 0 Å². The van der Waals surface area contributed by atoms with Crippen LogP contribution in [-0.4, -0.2) is 47.4 Å². The van der Waals surface area contributed by atoms with Crippen LogP contribution in [0.3, 0.4) is 0 Å². The molecule has 0 bridgehead atoms. The lowest BCUT2D eigenvalue weighted by Gasteiger charge is -2.22. The van der Waals surface area contributed by atoms with Crippen molar-refractivity contribution in [2.75, 3.05) is 13.2 Å². The quantitative estimate of drug-likeness (QED) is 0.0320. The minimum absolute atomic E-state index is 0.00635. The summed E-state index contributed by atoms with van der Waals surface area (Å²) in [5, 5.41) is 23.4. The van der Waals surface area contributed by atoms with E-state index < -0.39 is 12.1 Å². The Morgan fingerprint density at radius 2 is 0.662 bits per heavy atom. The van der Waals surface area contributed by atoms with Gasteiger partial charge < -0.3 is 20.3 Å². The highest BCUT2D eigenvalue weighted by Crippen LogP contribution is 2.18. The highest BCUT2D eigenvalue weighted by Gasteiger charge is 2.20. The summed E-state index contributed by atoms with van der Waals surface area (Å²) in [6.07, 6.45) is 73.7. The Balaban J connectivity index is 3.43. The van der Waals surface area contributed by atoms with E-state index in [0.717, 1.165) is 57.8 Å². The topological polar surface area (TPSA) is 95.9 Å². The summed E-state index contributed by atoms with van der Waals surface area (Å²) in [6, 6.07) is -0.552. The van der Waals surface area contributed by atoms with Gasteiger partial charge in [-0.3, -0.25) is 9.59 Å². The molecular weight excluding hydrogens is 875 g/mol. The number of carbonyl (C=O) groups excluding carboxylic acids is 2. The van der Waals surface area contributed by atoms with Crippen LogP contribution in [0.1, 0.15) is 367 Å². The molecule has 0 aliphatic rings. The van der Waals surface area contributed by atoms with Crippen molar-refractivity contribution in [3.05, 3.63) is 12.2 Å². The van der Waals surface area contributed by atoms with Gasteiger partial charge >= 0.3 is 5.97 Å². The van der Waals surface area contributed by atoms with E-state index in [-0.39, 0.29) is 18.5 Å². The van der Waals surface area contributed by atoms with Gasteiger partial charge in [0, 0.05) is 12.8 Å². The largest absolute Gasteiger partial charge is 0.466 e. The van der Waals surface area contributed by atoms with Crippen molar-refractivity contribution in [3.8, 4) is 0 Å². The summed E-state index contributed by atoms with van der Waals surface area (Å²) in [6.45, 7) is 4.97. The molecular formula is C65H127NO5. The Morgan fingerprint density at radius 1 is 0.380 bits per heavy atom. The lowest BCUT2D eigenvalue weighted by Crippen LogP contribution is -2.45. The average Bonchev–Trinajstić information content (AvgIpc) is 3.37. The maximum absolute atomic E-state index is 12.5. The summed E-state index contributed by atoms with van der Waals surface area (Å²) < 4.78 is 5.48. The summed E-state index contributed by atoms with van der Waals surface area (Å²) in [5.41, 5.74) is 0. The number of amides is 1. The minimum atomic E-state index is -0.673. The number of aliphatic hydroxyl groups excluding tert-OH is 2. The number of unbranched alkanes of at least 4 members (excludes halogenated alkanes) is 48. The SMILES string of the molecule is CCCCCCCCCCCCCCCCCCCCCCCCC(O)C(CO)NC(=O)CCCCCCC/C=C\CCCCCCCCCCCOC(=O)CCCCCCCCCCCCCCCC. The fourth-order valence-electron chi connectivity index (χ4n) is 10.3. The second-order valence-corrected chi connectivity index (χ2v) is 22.5. The monoisotopic (exact) mass is 1000 g/mol. The maximum Gasteiger partial charge on any atom is 0.305 e. The number of nitrogens with one attached hydrogen (secondary N) is 1. The van der Waals surface area contributed by atoms with Crippen molar-refractivity contribution in [1.29, 1.82) is 0 Å². The number of hydrogen-bond acceptors (Lipinski definition) is 5. The van der Waals surface area contributed by atoms with Crippen molar-refractivity contribution in [1.82, 2.24) is 5.32 Å². The molecule has 3 N–H and O–H groups in total. The number of esters is 1. The fourth-order valence-corrected chi connectivity index (χ4v) is 10.3. The Kier molecular flexibility index (Phi) is 59.9. The van der Waals surface area contributed by atoms with Gasteiger partial charge in [0.05, 0.1) is 25.4 Å². The summed E-state index contributed by atoms with van der Waals surface area (Å²) in [4.78, 5) is 24.6. The molecule has 0 aromatic carbocycles. The molecule has 422 valence electrons. The highest BCUT2D eigenvalue weighted by atomic mass is 16.5. The molecule has 6 heteroatoms. The van der Waals surface area contributed by atoms with E-state index in [4.69, 9.17) is 4.74 Å². The molecule has 6 nitrogen and oxygen atoms in total. The van der Waals surface area contributed by atoms with Gasteiger partial charge in [-0.2, -0.15) is 0 Å². The first-order valence-corrected chi connectivity index (χ1v) is 32.4. The summed E-state index contributed by atoms with van der Waals surface area (Å²) in [5.74, 6) is -0.0386. The average molecular weight is 1000 g/mol. The zero-order valence-electron chi connectivity index (χ0n) is 48.2. The molecule has 0 saturated heterocycles.